The number of hydrogen-bond acceptors (Lipinski definition) is 4. The normalized spacial score (nSPS) is 10.7. The van der Waals surface area contributed by atoms with E-state index in [9.17, 15) is 9.59 Å². The van der Waals surface area contributed by atoms with Crippen LogP contribution in [0, 0.1) is 0 Å². The van der Waals surface area contributed by atoms with E-state index in [-0.39, 0.29) is 5.78 Å². The molecule has 0 saturated carbocycles. The van der Waals surface area contributed by atoms with Gasteiger partial charge in [0.15, 0.2) is 5.78 Å². The molecule has 0 aliphatic heterocycles. The molecule has 4 heteroatoms. The van der Waals surface area contributed by atoms with Gasteiger partial charge in [0, 0.05) is 5.56 Å². The first-order valence-corrected chi connectivity index (χ1v) is 10.5. The van der Waals surface area contributed by atoms with Gasteiger partial charge < -0.3 is 9.47 Å². The molecule has 0 radical (unpaired) electrons. The molecule has 4 aromatic rings. The van der Waals surface area contributed by atoms with Crippen LogP contribution in [0.5, 0.6) is 11.5 Å². The fraction of sp³-hybridized carbons (Fsp3) is 0.0345. The summed E-state index contributed by atoms with van der Waals surface area (Å²) >= 11 is 0. The van der Waals surface area contributed by atoms with Gasteiger partial charge in [-0.3, -0.25) is 4.79 Å². The molecule has 0 aromatic heterocycles. The van der Waals surface area contributed by atoms with Crippen molar-refractivity contribution >= 4 is 17.8 Å². The molecule has 0 spiro atoms. The number of hydrogen-bond donors (Lipinski definition) is 0. The highest BCUT2D eigenvalue weighted by atomic mass is 16.5. The zero-order valence-corrected chi connectivity index (χ0v) is 18.1. The summed E-state index contributed by atoms with van der Waals surface area (Å²) in [6, 6.07) is 31.3. The summed E-state index contributed by atoms with van der Waals surface area (Å²) in [7, 11) is 1.54. The van der Waals surface area contributed by atoms with E-state index in [2.05, 4.69) is 0 Å². The average molecular weight is 434 g/mol. The van der Waals surface area contributed by atoms with Crippen LogP contribution < -0.4 is 9.47 Å². The highest BCUT2D eigenvalue weighted by molar-refractivity contribution is 6.07. The first-order chi connectivity index (χ1) is 16.1. The van der Waals surface area contributed by atoms with Crippen LogP contribution in [-0.4, -0.2) is 18.9 Å². The molecule has 0 amide bonds. The molecule has 4 rings (SSSR count). The van der Waals surface area contributed by atoms with Crippen molar-refractivity contribution in [3.63, 3.8) is 0 Å². The number of benzene rings is 4. The third-order valence-corrected chi connectivity index (χ3v) is 5.08. The van der Waals surface area contributed by atoms with E-state index in [1.807, 2.05) is 60.7 Å². The first-order valence-electron chi connectivity index (χ1n) is 10.5. The smallest absolute Gasteiger partial charge is 0.343 e. The Bertz CT molecular complexity index is 1290. The number of rotatable bonds is 7. The number of allylic oxidation sites excluding steroid dienone is 1. The summed E-state index contributed by atoms with van der Waals surface area (Å²) in [5.74, 6) is 0.388. The summed E-state index contributed by atoms with van der Waals surface area (Å²) in [6.07, 6.45) is 3.22. The van der Waals surface area contributed by atoms with Gasteiger partial charge in [0.25, 0.3) is 0 Å². The van der Waals surface area contributed by atoms with Crippen molar-refractivity contribution in [3.8, 4) is 22.6 Å². The molecule has 0 saturated heterocycles. The molecule has 0 fully saturated rings. The van der Waals surface area contributed by atoms with Crippen LogP contribution in [-0.2, 0) is 0 Å². The molecule has 4 nitrogen and oxygen atoms in total. The lowest BCUT2D eigenvalue weighted by molar-refractivity contribution is 0.0734. The Morgan fingerprint density at radius 2 is 1.36 bits per heavy atom. The molecule has 0 bridgehead atoms. The average Bonchev–Trinajstić information content (AvgIpc) is 2.88. The van der Waals surface area contributed by atoms with Gasteiger partial charge in [-0.25, -0.2) is 4.79 Å². The Balaban J connectivity index is 1.42. The second kappa shape index (κ2) is 10.2. The zero-order valence-electron chi connectivity index (χ0n) is 18.1. The Kier molecular flexibility index (Phi) is 6.76. The number of carbonyl (C=O) groups is 2. The van der Waals surface area contributed by atoms with Gasteiger partial charge in [-0.05, 0) is 53.1 Å². The Morgan fingerprint density at radius 1 is 0.667 bits per heavy atom. The highest BCUT2D eigenvalue weighted by Gasteiger charge is 2.10. The van der Waals surface area contributed by atoms with Crippen LogP contribution in [0.25, 0.3) is 17.2 Å². The second-order valence-corrected chi connectivity index (χ2v) is 7.33. The van der Waals surface area contributed by atoms with Gasteiger partial charge in [-0.1, -0.05) is 78.9 Å². The summed E-state index contributed by atoms with van der Waals surface area (Å²) in [4.78, 5) is 25.0. The lowest BCUT2D eigenvalue weighted by atomic mass is 10.0. The summed E-state index contributed by atoms with van der Waals surface area (Å²) < 4.78 is 10.6. The van der Waals surface area contributed by atoms with E-state index in [0.717, 1.165) is 16.7 Å². The number of carbonyl (C=O) groups excluding carboxylic acids is 2. The van der Waals surface area contributed by atoms with Crippen molar-refractivity contribution in [2.75, 3.05) is 7.11 Å². The monoisotopic (exact) mass is 434 g/mol. The SMILES string of the molecule is COc1cccc(C(=O)Oc2cccc(C=CC(=O)c3ccc(-c4ccccc4)cc3)c2)c1. The van der Waals surface area contributed by atoms with E-state index in [0.29, 0.717) is 22.6 Å². The van der Waals surface area contributed by atoms with Crippen LogP contribution in [0.3, 0.4) is 0 Å². The largest absolute Gasteiger partial charge is 0.497 e. The molecule has 162 valence electrons. The van der Waals surface area contributed by atoms with Crippen molar-refractivity contribution in [3.05, 3.63) is 126 Å². The number of ketones is 1. The van der Waals surface area contributed by atoms with Crippen molar-refractivity contribution in [1.29, 1.82) is 0 Å². The lowest BCUT2D eigenvalue weighted by Gasteiger charge is -2.06. The molecule has 0 heterocycles. The maximum atomic E-state index is 12.6. The summed E-state index contributed by atoms with van der Waals surface area (Å²) in [6.45, 7) is 0. The topological polar surface area (TPSA) is 52.6 Å². The van der Waals surface area contributed by atoms with Crippen molar-refractivity contribution in [2.45, 2.75) is 0 Å². The molecule has 0 unspecified atom stereocenters. The molecule has 0 N–H and O–H groups in total. The van der Waals surface area contributed by atoms with E-state index in [1.165, 1.54) is 6.08 Å². The fourth-order valence-corrected chi connectivity index (χ4v) is 3.32. The minimum Gasteiger partial charge on any atom is -0.497 e. The van der Waals surface area contributed by atoms with Gasteiger partial charge in [-0.15, -0.1) is 0 Å². The van der Waals surface area contributed by atoms with Crippen LogP contribution in [0.4, 0.5) is 0 Å². The highest BCUT2D eigenvalue weighted by Crippen LogP contribution is 2.21. The van der Waals surface area contributed by atoms with Gasteiger partial charge >= 0.3 is 5.97 Å². The molecule has 0 atom stereocenters. The second-order valence-electron chi connectivity index (χ2n) is 7.33. The molecule has 33 heavy (non-hydrogen) atoms. The number of esters is 1. The molecule has 4 aromatic carbocycles. The first kappa shape index (κ1) is 21.8. The van der Waals surface area contributed by atoms with Gasteiger partial charge in [0.05, 0.1) is 12.7 Å². The maximum absolute atomic E-state index is 12.6. The number of ether oxygens (including phenoxy) is 2. The number of methoxy groups -OCH3 is 1. The van der Waals surface area contributed by atoms with Crippen molar-refractivity contribution in [2.24, 2.45) is 0 Å². The predicted octanol–water partition coefficient (Wildman–Crippen LogP) is 6.48. The van der Waals surface area contributed by atoms with Crippen molar-refractivity contribution < 1.29 is 19.1 Å². The zero-order chi connectivity index (χ0) is 23.0. The van der Waals surface area contributed by atoms with Crippen LogP contribution in [0.2, 0.25) is 0 Å². The van der Waals surface area contributed by atoms with E-state index in [1.54, 1.807) is 55.7 Å². The predicted molar refractivity (Wildman–Crippen MR) is 130 cm³/mol. The van der Waals surface area contributed by atoms with Gasteiger partial charge in [-0.2, -0.15) is 0 Å². The lowest BCUT2D eigenvalue weighted by Crippen LogP contribution is -2.08. The Hall–Kier alpha value is -4.44. The Labute approximate surface area is 192 Å². The van der Waals surface area contributed by atoms with Crippen LogP contribution in [0.1, 0.15) is 26.3 Å². The van der Waals surface area contributed by atoms with E-state index >= 15 is 0 Å². The quantitative estimate of drug-likeness (QED) is 0.145. The minimum atomic E-state index is -0.482. The van der Waals surface area contributed by atoms with Gasteiger partial charge in [0.1, 0.15) is 11.5 Å². The van der Waals surface area contributed by atoms with Crippen molar-refractivity contribution in [1.82, 2.24) is 0 Å². The molecular formula is C29H22O4. The van der Waals surface area contributed by atoms with Crippen LogP contribution >= 0.6 is 0 Å². The fourth-order valence-electron chi connectivity index (χ4n) is 3.32. The summed E-state index contributed by atoms with van der Waals surface area (Å²) in [5, 5.41) is 0. The van der Waals surface area contributed by atoms with Gasteiger partial charge in [0.2, 0.25) is 0 Å². The van der Waals surface area contributed by atoms with E-state index < -0.39 is 5.97 Å². The third kappa shape index (κ3) is 5.63. The Morgan fingerprint density at radius 3 is 2.12 bits per heavy atom. The molecule has 0 aliphatic carbocycles. The summed E-state index contributed by atoms with van der Waals surface area (Å²) in [5.41, 5.74) is 3.91. The van der Waals surface area contributed by atoms with Crippen LogP contribution in [0.15, 0.2) is 109 Å². The third-order valence-electron chi connectivity index (χ3n) is 5.08. The molecular weight excluding hydrogens is 412 g/mol. The molecule has 0 aliphatic rings. The minimum absolute atomic E-state index is 0.103. The maximum Gasteiger partial charge on any atom is 0.343 e. The van der Waals surface area contributed by atoms with E-state index in [4.69, 9.17) is 9.47 Å². The standard InChI is InChI=1S/C29H22O4/c1-32-26-11-6-10-25(20-26)29(31)33-27-12-5-7-21(19-27)13-18-28(30)24-16-14-23(15-17-24)22-8-3-2-4-9-22/h2-20H,1H3.